The van der Waals surface area contributed by atoms with Crippen molar-refractivity contribution in [3.8, 4) is 0 Å². The third kappa shape index (κ3) is 5.44. The van der Waals surface area contributed by atoms with Gasteiger partial charge in [-0.15, -0.1) is 0 Å². The van der Waals surface area contributed by atoms with Crippen LogP contribution in [0.3, 0.4) is 0 Å². The molecule has 1 aromatic carbocycles. The molecule has 0 saturated carbocycles. The molecule has 0 fully saturated rings. The van der Waals surface area contributed by atoms with E-state index in [1.54, 1.807) is 36.6 Å². The van der Waals surface area contributed by atoms with Gasteiger partial charge in [0, 0.05) is 5.56 Å². The molecule has 7 heteroatoms. The van der Waals surface area contributed by atoms with Gasteiger partial charge >= 0.3 is 0 Å². The Balaban J connectivity index is 1.97. The number of nitrogens with one attached hydrogen (secondary N) is 2. The van der Waals surface area contributed by atoms with Crippen LogP contribution in [0.4, 0.5) is 0 Å². The van der Waals surface area contributed by atoms with E-state index in [0.717, 1.165) is 11.3 Å². The van der Waals surface area contributed by atoms with Crippen molar-refractivity contribution in [1.29, 1.82) is 0 Å². The molecule has 2 rings (SSSR count). The molecule has 136 valence electrons. The Kier molecular flexibility index (Phi) is 6.90. The van der Waals surface area contributed by atoms with Gasteiger partial charge in [-0.1, -0.05) is 30.4 Å². The van der Waals surface area contributed by atoms with E-state index in [2.05, 4.69) is 5.32 Å². The van der Waals surface area contributed by atoms with Crippen molar-refractivity contribution in [3.05, 3.63) is 71.7 Å². The Bertz CT molecular complexity index is 777. The van der Waals surface area contributed by atoms with Crippen LogP contribution < -0.4 is 10.8 Å². The minimum absolute atomic E-state index is 0.324. The van der Waals surface area contributed by atoms with Crippen molar-refractivity contribution < 1.29 is 24.3 Å². The Labute approximate surface area is 150 Å². The summed E-state index contributed by atoms with van der Waals surface area (Å²) in [5.74, 6) is -0.676. The lowest BCUT2D eigenvalue weighted by atomic mass is 10.1. The largest absolute Gasteiger partial charge is 0.465 e. The normalized spacial score (nSPS) is 13.7. The Hall–Kier alpha value is -3.16. The molecule has 0 aliphatic rings. The predicted octanol–water partition coefficient (Wildman–Crippen LogP) is 1.99. The zero-order chi connectivity index (χ0) is 18.9. The van der Waals surface area contributed by atoms with Crippen molar-refractivity contribution in [3.63, 3.8) is 0 Å². The van der Waals surface area contributed by atoms with Crippen molar-refractivity contribution in [2.75, 3.05) is 0 Å². The molecular formula is C19H20N2O5. The minimum Gasteiger partial charge on any atom is -0.465 e. The van der Waals surface area contributed by atoms with E-state index in [-0.39, 0.29) is 0 Å². The van der Waals surface area contributed by atoms with Gasteiger partial charge in [0.2, 0.25) is 0 Å². The maximum Gasteiger partial charge on any atom is 0.268 e. The molecule has 0 radical (unpaired) electrons. The number of carbonyl (C=O) groups excluding carboxylic acids is 2. The van der Waals surface area contributed by atoms with Gasteiger partial charge in [-0.25, -0.2) is 5.48 Å². The average Bonchev–Trinajstić information content (AvgIpc) is 3.16. The fourth-order valence-corrected chi connectivity index (χ4v) is 2.15. The summed E-state index contributed by atoms with van der Waals surface area (Å²) in [6.45, 7) is 1.34. The molecule has 2 amide bonds. The smallest absolute Gasteiger partial charge is 0.268 e. The molecule has 1 aromatic heterocycles. The molecule has 0 saturated heterocycles. The van der Waals surface area contributed by atoms with E-state index in [9.17, 15) is 14.7 Å². The summed E-state index contributed by atoms with van der Waals surface area (Å²) in [5, 5.41) is 20.6. The fourth-order valence-electron chi connectivity index (χ4n) is 2.15. The standard InChI is InChI=1S/C19H20N2O5/c1-13(22)17(19(24)21-25)20-18(23)15-10-8-14(9-11-15)5-2-3-6-16-7-4-12-26-16/h2-13,17,22,25H,1H3,(H,20,23)(H,21,24)/b5-2+,6-3+. The first-order valence-electron chi connectivity index (χ1n) is 7.92. The third-order valence-electron chi connectivity index (χ3n) is 3.54. The Morgan fingerprint density at radius 3 is 2.38 bits per heavy atom. The van der Waals surface area contributed by atoms with Gasteiger partial charge in [0.05, 0.1) is 12.4 Å². The summed E-state index contributed by atoms with van der Waals surface area (Å²) in [4.78, 5) is 23.6. The second-order valence-electron chi connectivity index (χ2n) is 5.52. The second kappa shape index (κ2) is 9.36. The van der Waals surface area contributed by atoms with Crippen LogP contribution in [0.5, 0.6) is 0 Å². The monoisotopic (exact) mass is 356 g/mol. The summed E-state index contributed by atoms with van der Waals surface area (Å²) in [5.41, 5.74) is 2.62. The number of furan rings is 1. The van der Waals surface area contributed by atoms with Crippen LogP contribution in [-0.2, 0) is 4.79 Å². The molecule has 0 aliphatic carbocycles. The van der Waals surface area contributed by atoms with Crippen molar-refractivity contribution in [1.82, 2.24) is 10.8 Å². The van der Waals surface area contributed by atoms with Crippen LogP contribution in [0.2, 0.25) is 0 Å². The molecule has 2 atom stereocenters. The molecule has 4 N–H and O–H groups in total. The topological polar surface area (TPSA) is 112 Å². The Morgan fingerprint density at radius 2 is 1.81 bits per heavy atom. The van der Waals surface area contributed by atoms with Crippen LogP contribution in [0.15, 0.2) is 59.2 Å². The molecule has 1 heterocycles. The second-order valence-corrected chi connectivity index (χ2v) is 5.52. The molecular weight excluding hydrogens is 336 g/mol. The molecule has 7 nitrogen and oxygen atoms in total. The van der Waals surface area contributed by atoms with Gasteiger partial charge in [-0.05, 0) is 42.8 Å². The van der Waals surface area contributed by atoms with Crippen LogP contribution in [0.25, 0.3) is 12.2 Å². The zero-order valence-electron chi connectivity index (χ0n) is 14.1. The number of amides is 2. The van der Waals surface area contributed by atoms with E-state index in [1.807, 2.05) is 30.4 Å². The van der Waals surface area contributed by atoms with E-state index < -0.39 is 24.0 Å². The minimum atomic E-state index is -1.25. The summed E-state index contributed by atoms with van der Waals surface area (Å²) in [6.07, 6.45) is 7.79. The van der Waals surface area contributed by atoms with Crippen molar-refractivity contribution >= 4 is 24.0 Å². The molecule has 2 unspecified atom stereocenters. The molecule has 26 heavy (non-hydrogen) atoms. The number of aliphatic hydroxyl groups excluding tert-OH is 1. The summed E-state index contributed by atoms with van der Waals surface area (Å²) in [7, 11) is 0. The number of hydroxylamine groups is 1. The number of allylic oxidation sites excluding steroid dienone is 2. The summed E-state index contributed by atoms with van der Waals surface area (Å²) in [6, 6.07) is 9.08. The lowest BCUT2D eigenvalue weighted by Crippen LogP contribution is -2.51. The summed E-state index contributed by atoms with van der Waals surface area (Å²) >= 11 is 0. The van der Waals surface area contributed by atoms with Gasteiger partial charge in [-0.2, -0.15) is 0 Å². The highest BCUT2D eigenvalue weighted by Crippen LogP contribution is 2.08. The van der Waals surface area contributed by atoms with Crippen molar-refractivity contribution in [2.45, 2.75) is 19.1 Å². The molecule has 0 spiro atoms. The molecule has 2 aromatic rings. The van der Waals surface area contributed by atoms with Crippen molar-refractivity contribution in [2.24, 2.45) is 0 Å². The van der Waals surface area contributed by atoms with Crippen LogP contribution in [0, 0.1) is 0 Å². The van der Waals surface area contributed by atoms with Gasteiger partial charge in [-0.3, -0.25) is 14.8 Å². The first-order valence-corrected chi connectivity index (χ1v) is 7.92. The molecule has 0 aliphatic heterocycles. The number of carbonyl (C=O) groups is 2. The van der Waals surface area contributed by atoms with Crippen LogP contribution in [0.1, 0.15) is 28.6 Å². The molecule has 0 bridgehead atoms. The predicted molar refractivity (Wildman–Crippen MR) is 96.1 cm³/mol. The highest BCUT2D eigenvalue weighted by Gasteiger charge is 2.25. The quantitative estimate of drug-likeness (QED) is 0.344. The van der Waals surface area contributed by atoms with Gasteiger partial charge in [0.15, 0.2) is 0 Å². The first kappa shape index (κ1) is 19.2. The number of benzene rings is 1. The number of hydrogen-bond donors (Lipinski definition) is 4. The first-order chi connectivity index (χ1) is 12.5. The third-order valence-corrected chi connectivity index (χ3v) is 3.54. The van der Waals surface area contributed by atoms with Gasteiger partial charge in [0.1, 0.15) is 11.8 Å². The van der Waals surface area contributed by atoms with E-state index >= 15 is 0 Å². The van der Waals surface area contributed by atoms with Crippen LogP contribution in [-0.4, -0.2) is 34.3 Å². The number of rotatable bonds is 7. The average molecular weight is 356 g/mol. The van der Waals surface area contributed by atoms with E-state index in [0.29, 0.717) is 5.56 Å². The zero-order valence-corrected chi connectivity index (χ0v) is 14.1. The highest BCUT2D eigenvalue weighted by molar-refractivity contribution is 5.97. The fraction of sp³-hybridized carbons (Fsp3) is 0.158. The highest BCUT2D eigenvalue weighted by atomic mass is 16.5. The van der Waals surface area contributed by atoms with Gasteiger partial charge in [0.25, 0.3) is 11.8 Å². The number of aliphatic hydroxyl groups is 1. The lowest BCUT2D eigenvalue weighted by molar-refractivity contribution is -0.133. The maximum atomic E-state index is 12.2. The van der Waals surface area contributed by atoms with E-state index in [4.69, 9.17) is 9.62 Å². The number of hydrogen-bond acceptors (Lipinski definition) is 5. The maximum absolute atomic E-state index is 12.2. The SMILES string of the molecule is CC(O)C(NC(=O)c1ccc(/C=C/C=C/c2ccco2)cc1)C(=O)NO. The van der Waals surface area contributed by atoms with E-state index in [1.165, 1.54) is 12.4 Å². The van der Waals surface area contributed by atoms with Crippen LogP contribution >= 0.6 is 0 Å². The lowest BCUT2D eigenvalue weighted by Gasteiger charge is -2.19. The Morgan fingerprint density at radius 1 is 1.12 bits per heavy atom. The summed E-state index contributed by atoms with van der Waals surface area (Å²) < 4.78 is 5.17. The van der Waals surface area contributed by atoms with Gasteiger partial charge < -0.3 is 14.8 Å².